The summed E-state index contributed by atoms with van der Waals surface area (Å²) >= 11 is 0. The zero-order valence-corrected chi connectivity index (χ0v) is 9.67. The summed E-state index contributed by atoms with van der Waals surface area (Å²) in [7, 11) is 0. The molecule has 1 heterocycles. The standard InChI is InChI=1S/C12H6F5N3/c13-7-4-2-1-3-6(7)5-18-20-10-8(14)11(16)19-12(17)9(10)15/h1-5H,(H,19,20)/b18-5-. The maximum absolute atomic E-state index is 13.2. The van der Waals surface area contributed by atoms with E-state index in [0.717, 1.165) is 12.3 Å². The first-order valence-electron chi connectivity index (χ1n) is 5.24. The van der Waals surface area contributed by atoms with E-state index in [1.54, 1.807) is 5.43 Å². The van der Waals surface area contributed by atoms with Crippen LogP contribution in [0.25, 0.3) is 0 Å². The molecular formula is C12H6F5N3. The van der Waals surface area contributed by atoms with Crippen molar-refractivity contribution in [1.82, 2.24) is 4.98 Å². The lowest BCUT2D eigenvalue weighted by Crippen LogP contribution is -2.06. The van der Waals surface area contributed by atoms with Crippen molar-refractivity contribution in [2.24, 2.45) is 5.10 Å². The first kappa shape index (κ1) is 13.9. The van der Waals surface area contributed by atoms with Crippen molar-refractivity contribution in [1.29, 1.82) is 0 Å². The zero-order valence-electron chi connectivity index (χ0n) is 9.67. The van der Waals surface area contributed by atoms with Crippen molar-refractivity contribution >= 4 is 11.9 Å². The van der Waals surface area contributed by atoms with Gasteiger partial charge >= 0.3 is 0 Å². The van der Waals surface area contributed by atoms with Crippen LogP contribution < -0.4 is 5.43 Å². The van der Waals surface area contributed by atoms with E-state index in [0.29, 0.717) is 0 Å². The summed E-state index contributed by atoms with van der Waals surface area (Å²) in [5.41, 5.74) is 0.645. The lowest BCUT2D eigenvalue weighted by atomic mass is 10.2. The Balaban J connectivity index is 2.26. The SMILES string of the molecule is Fc1ccccc1/C=N\Nc1c(F)c(F)nc(F)c1F. The molecule has 0 radical (unpaired) electrons. The van der Waals surface area contributed by atoms with E-state index in [1.807, 2.05) is 0 Å². The molecule has 1 N–H and O–H groups in total. The van der Waals surface area contributed by atoms with Gasteiger partial charge in [0.25, 0.3) is 11.9 Å². The molecule has 0 aliphatic heterocycles. The fourth-order valence-corrected chi connectivity index (χ4v) is 1.33. The van der Waals surface area contributed by atoms with E-state index in [-0.39, 0.29) is 5.56 Å². The number of hydrazone groups is 1. The first-order chi connectivity index (χ1) is 9.50. The van der Waals surface area contributed by atoms with Gasteiger partial charge in [-0.25, -0.2) is 4.39 Å². The van der Waals surface area contributed by atoms with Gasteiger partial charge in [-0.3, -0.25) is 5.43 Å². The van der Waals surface area contributed by atoms with Crippen molar-refractivity contribution in [3.8, 4) is 0 Å². The molecule has 0 atom stereocenters. The number of halogens is 5. The number of hydrogen-bond acceptors (Lipinski definition) is 3. The number of nitrogens with one attached hydrogen (secondary N) is 1. The second kappa shape index (κ2) is 5.64. The lowest BCUT2D eigenvalue weighted by Gasteiger charge is -2.04. The van der Waals surface area contributed by atoms with Gasteiger partial charge in [-0.05, 0) is 6.07 Å². The number of pyridine rings is 1. The molecule has 1 aromatic heterocycles. The highest BCUT2D eigenvalue weighted by Crippen LogP contribution is 2.21. The quantitative estimate of drug-likeness (QED) is 0.407. The molecule has 104 valence electrons. The average Bonchev–Trinajstić information content (AvgIpc) is 2.42. The molecule has 0 spiro atoms. The maximum atomic E-state index is 13.2. The van der Waals surface area contributed by atoms with Gasteiger partial charge in [0.15, 0.2) is 0 Å². The summed E-state index contributed by atoms with van der Waals surface area (Å²) in [6.45, 7) is 0. The Hall–Kier alpha value is -2.51. The molecule has 0 fully saturated rings. The van der Waals surface area contributed by atoms with E-state index in [9.17, 15) is 22.0 Å². The van der Waals surface area contributed by atoms with Crippen LogP contribution in [0.4, 0.5) is 27.6 Å². The van der Waals surface area contributed by atoms with Crippen molar-refractivity contribution in [3.63, 3.8) is 0 Å². The molecule has 2 rings (SSSR count). The molecule has 3 nitrogen and oxygen atoms in total. The van der Waals surface area contributed by atoms with Gasteiger partial charge in [0.1, 0.15) is 11.5 Å². The number of rotatable bonds is 3. The van der Waals surface area contributed by atoms with Crippen molar-refractivity contribution in [3.05, 3.63) is 59.2 Å². The summed E-state index contributed by atoms with van der Waals surface area (Å²) in [4.78, 5) is 2.38. The van der Waals surface area contributed by atoms with Crippen LogP contribution in [-0.2, 0) is 0 Å². The molecule has 0 amide bonds. The minimum absolute atomic E-state index is 0.0239. The number of hydrogen-bond donors (Lipinski definition) is 1. The van der Waals surface area contributed by atoms with E-state index < -0.39 is 35.0 Å². The predicted molar refractivity (Wildman–Crippen MR) is 61.7 cm³/mol. The summed E-state index contributed by atoms with van der Waals surface area (Å²) < 4.78 is 65.2. The van der Waals surface area contributed by atoms with Gasteiger partial charge in [-0.2, -0.15) is 27.6 Å². The Morgan fingerprint density at radius 3 is 2.15 bits per heavy atom. The zero-order chi connectivity index (χ0) is 14.7. The molecule has 1 aromatic carbocycles. The molecule has 0 saturated carbocycles. The fraction of sp³-hybridized carbons (Fsp3) is 0. The molecular weight excluding hydrogens is 281 g/mol. The van der Waals surface area contributed by atoms with Gasteiger partial charge in [0.05, 0.1) is 6.21 Å². The number of aromatic nitrogens is 1. The minimum atomic E-state index is -1.81. The smallest absolute Gasteiger partial charge is 0.254 e. The van der Waals surface area contributed by atoms with Crippen LogP contribution in [0.2, 0.25) is 0 Å². The third-order valence-corrected chi connectivity index (χ3v) is 2.28. The Morgan fingerprint density at radius 2 is 1.55 bits per heavy atom. The van der Waals surface area contributed by atoms with Crippen LogP contribution in [0.15, 0.2) is 29.4 Å². The van der Waals surface area contributed by atoms with Gasteiger partial charge in [-0.1, -0.05) is 18.2 Å². The number of nitrogens with zero attached hydrogens (tertiary/aromatic N) is 2. The van der Waals surface area contributed by atoms with Crippen LogP contribution in [0.5, 0.6) is 0 Å². The Bertz CT molecular complexity index is 646. The normalized spacial score (nSPS) is 11.1. The Morgan fingerprint density at radius 1 is 0.950 bits per heavy atom. The van der Waals surface area contributed by atoms with Gasteiger partial charge in [0.2, 0.25) is 11.6 Å². The molecule has 0 saturated heterocycles. The largest absolute Gasteiger partial charge is 0.272 e. The summed E-state index contributed by atoms with van der Waals surface area (Å²) in [6, 6.07) is 5.44. The highest BCUT2D eigenvalue weighted by atomic mass is 19.2. The molecule has 0 aliphatic rings. The van der Waals surface area contributed by atoms with Crippen LogP contribution in [-0.4, -0.2) is 11.2 Å². The topological polar surface area (TPSA) is 37.3 Å². The van der Waals surface area contributed by atoms with Crippen LogP contribution in [0.3, 0.4) is 0 Å². The molecule has 8 heteroatoms. The van der Waals surface area contributed by atoms with Crippen molar-refractivity contribution in [2.75, 3.05) is 5.43 Å². The highest BCUT2D eigenvalue weighted by Gasteiger charge is 2.20. The first-order valence-corrected chi connectivity index (χ1v) is 5.24. The molecule has 0 bridgehead atoms. The van der Waals surface area contributed by atoms with E-state index in [4.69, 9.17) is 0 Å². The molecule has 0 unspecified atom stereocenters. The average molecular weight is 287 g/mol. The molecule has 2 aromatic rings. The fourth-order valence-electron chi connectivity index (χ4n) is 1.33. The van der Waals surface area contributed by atoms with Crippen LogP contribution >= 0.6 is 0 Å². The van der Waals surface area contributed by atoms with Crippen molar-refractivity contribution in [2.45, 2.75) is 0 Å². The summed E-state index contributed by atoms with van der Waals surface area (Å²) in [6.07, 6.45) is 0.907. The van der Waals surface area contributed by atoms with Crippen LogP contribution in [0.1, 0.15) is 5.56 Å². The lowest BCUT2D eigenvalue weighted by molar-refractivity contribution is 0.411. The Labute approximate surface area is 109 Å². The third kappa shape index (κ3) is 2.73. The van der Waals surface area contributed by atoms with Crippen LogP contribution in [0, 0.1) is 29.3 Å². The Kier molecular flexibility index (Phi) is 3.92. The maximum Gasteiger partial charge on any atom is 0.254 e. The number of benzene rings is 1. The van der Waals surface area contributed by atoms with Gasteiger partial charge < -0.3 is 0 Å². The van der Waals surface area contributed by atoms with E-state index in [2.05, 4.69) is 10.1 Å². The third-order valence-electron chi connectivity index (χ3n) is 2.28. The second-order valence-electron chi connectivity index (χ2n) is 3.59. The second-order valence-corrected chi connectivity index (χ2v) is 3.59. The predicted octanol–water partition coefficient (Wildman–Crippen LogP) is 3.22. The minimum Gasteiger partial charge on any atom is -0.272 e. The van der Waals surface area contributed by atoms with Gasteiger partial charge in [-0.15, -0.1) is 0 Å². The molecule has 20 heavy (non-hydrogen) atoms. The van der Waals surface area contributed by atoms with Crippen molar-refractivity contribution < 1.29 is 22.0 Å². The summed E-state index contributed by atoms with van der Waals surface area (Å²) in [5, 5.41) is 3.32. The monoisotopic (exact) mass is 287 g/mol. The summed E-state index contributed by atoms with van der Waals surface area (Å²) in [5.74, 6) is -7.70. The van der Waals surface area contributed by atoms with E-state index in [1.165, 1.54) is 18.2 Å². The van der Waals surface area contributed by atoms with E-state index >= 15 is 0 Å². The van der Waals surface area contributed by atoms with Gasteiger partial charge in [0, 0.05) is 5.56 Å². The number of anilines is 1. The highest BCUT2D eigenvalue weighted by molar-refractivity contribution is 5.80. The molecule has 0 aliphatic carbocycles.